The quantitative estimate of drug-likeness (QED) is 0.823. The molecule has 2 heteroatoms. The van der Waals surface area contributed by atoms with E-state index in [2.05, 4.69) is 43.4 Å². The van der Waals surface area contributed by atoms with E-state index in [0.717, 1.165) is 13.0 Å². The first-order chi connectivity index (χ1) is 7.75. The molecule has 1 N–H and O–H groups in total. The minimum Gasteiger partial charge on any atom is -0.380 e. The molecule has 1 aliphatic heterocycles. The Morgan fingerprint density at radius 1 is 1.19 bits per heavy atom. The van der Waals surface area contributed by atoms with Crippen molar-refractivity contribution >= 4 is 5.69 Å². The number of hydrogen-bond acceptors (Lipinski definition) is 2. The van der Waals surface area contributed by atoms with Crippen molar-refractivity contribution in [3.05, 3.63) is 29.8 Å². The van der Waals surface area contributed by atoms with Gasteiger partial charge in [0.1, 0.15) is 0 Å². The Morgan fingerprint density at radius 2 is 1.81 bits per heavy atom. The molecule has 0 bridgehead atoms. The van der Waals surface area contributed by atoms with Gasteiger partial charge in [-0.25, -0.2) is 0 Å². The van der Waals surface area contributed by atoms with Crippen LogP contribution in [0.15, 0.2) is 24.3 Å². The summed E-state index contributed by atoms with van der Waals surface area (Å²) in [7, 11) is 0. The Balaban J connectivity index is 0.000000606. The molecular formula is C14H23NO. The molecule has 1 heterocycles. The van der Waals surface area contributed by atoms with Gasteiger partial charge in [-0.05, 0) is 32.4 Å². The SMILES string of the molecule is CC.Cc1ccc(NC2CCOC2C)cc1. The molecule has 2 nitrogen and oxygen atoms in total. The van der Waals surface area contributed by atoms with Crippen LogP contribution in [0, 0.1) is 6.92 Å². The lowest BCUT2D eigenvalue weighted by Crippen LogP contribution is -2.26. The van der Waals surface area contributed by atoms with Crippen molar-refractivity contribution in [2.24, 2.45) is 0 Å². The van der Waals surface area contributed by atoms with E-state index >= 15 is 0 Å². The molecule has 0 spiro atoms. The lowest BCUT2D eigenvalue weighted by molar-refractivity contribution is 0.121. The van der Waals surface area contributed by atoms with E-state index in [9.17, 15) is 0 Å². The second kappa shape index (κ2) is 6.54. The van der Waals surface area contributed by atoms with Crippen LogP contribution in [0.4, 0.5) is 5.69 Å². The number of ether oxygens (including phenoxy) is 1. The second-order valence-electron chi connectivity index (χ2n) is 3.98. The molecule has 1 aromatic rings. The molecule has 1 aromatic carbocycles. The van der Waals surface area contributed by atoms with Gasteiger partial charge in [0.15, 0.2) is 0 Å². The fourth-order valence-corrected chi connectivity index (χ4v) is 1.79. The van der Waals surface area contributed by atoms with Crippen LogP contribution in [0.2, 0.25) is 0 Å². The molecule has 0 aliphatic carbocycles. The van der Waals surface area contributed by atoms with E-state index in [0.29, 0.717) is 12.1 Å². The summed E-state index contributed by atoms with van der Waals surface area (Å²) in [6.07, 6.45) is 1.44. The average Bonchev–Trinajstić information content (AvgIpc) is 2.71. The number of anilines is 1. The zero-order valence-electron chi connectivity index (χ0n) is 10.8. The van der Waals surface area contributed by atoms with Gasteiger partial charge in [0.2, 0.25) is 0 Å². The maximum absolute atomic E-state index is 5.50. The zero-order chi connectivity index (χ0) is 12.0. The van der Waals surface area contributed by atoms with Crippen LogP contribution in [0.5, 0.6) is 0 Å². The van der Waals surface area contributed by atoms with Crippen LogP contribution in [-0.2, 0) is 4.74 Å². The molecule has 0 aromatic heterocycles. The van der Waals surface area contributed by atoms with E-state index in [1.165, 1.54) is 11.3 Å². The van der Waals surface area contributed by atoms with Gasteiger partial charge >= 0.3 is 0 Å². The van der Waals surface area contributed by atoms with E-state index in [-0.39, 0.29) is 0 Å². The van der Waals surface area contributed by atoms with Crippen molar-refractivity contribution in [2.45, 2.75) is 46.3 Å². The highest BCUT2D eigenvalue weighted by Crippen LogP contribution is 2.18. The second-order valence-corrected chi connectivity index (χ2v) is 3.98. The van der Waals surface area contributed by atoms with Gasteiger partial charge in [0, 0.05) is 12.3 Å². The lowest BCUT2D eigenvalue weighted by Gasteiger charge is -2.17. The van der Waals surface area contributed by atoms with E-state index < -0.39 is 0 Å². The fourth-order valence-electron chi connectivity index (χ4n) is 1.79. The number of benzene rings is 1. The third-order valence-corrected chi connectivity index (χ3v) is 2.78. The summed E-state index contributed by atoms with van der Waals surface area (Å²) in [5, 5.41) is 3.49. The van der Waals surface area contributed by atoms with Crippen LogP contribution in [0.25, 0.3) is 0 Å². The normalized spacial score (nSPS) is 23.5. The molecule has 16 heavy (non-hydrogen) atoms. The summed E-state index contributed by atoms with van der Waals surface area (Å²) < 4.78 is 5.50. The fraction of sp³-hybridized carbons (Fsp3) is 0.571. The summed E-state index contributed by atoms with van der Waals surface area (Å²) in [5.74, 6) is 0. The smallest absolute Gasteiger partial charge is 0.0748 e. The molecule has 0 saturated carbocycles. The van der Waals surface area contributed by atoms with Crippen molar-refractivity contribution in [2.75, 3.05) is 11.9 Å². The Hall–Kier alpha value is -1.02. The van der Waals surface area contributed by atoms with Gasteiger partial charge in [-0.1, -0.05) is 31.5 Å². The van der Waals surface area contributed by atoms with Gasteiger partial charge in [0.25, 0.3) is 0 Å². The van der Waals surface area contributed by atoms with Crippen LogP contribution >= 0.6 is 0 Å². The van der Waals surface area contributed by atoms with Crippen molar-refractivity contribution < 1.29 is 4.74 Å². The van der Waals surface area contributed by atoms with E-state index in [4.69, 9.17) is 4.74 Å². The molecule has 2 rings (SSSR count). The molecular weight excluding hydrogens is 198 g/mol. The first-order valence-electron chi connectivity index (χ1n) is 6.20. The van der Waals surface area contributed by atoms with Crippen LogP contribution < -0.4 is 5.32 Å². The van der Waals surface area contributed by atoms with Crippen molar-refractivity contribution in [1.29, 1.82) is 0 Å². The monoisotopic (exact) mass is 221 g/mol. The summed E-state index contributed by atoms with van der Waals surface area (Å²) in [4.78, 5) is 0. The number of aryl methyl sites for hydroxylation is 1. The van der Waals surface area contributed by atoms with Crippen molar-refractivity contribution in [3.63, 3.8) is 0 Å². The minimum atomic E-state index is 0.330. The summed E-state index contributed by atoms with van der Waals surface area (Å²) >= 11 is 0. The molecule has 0 radical (unpaired) electrons. The average molecular weight is 221 g/mol. The topological polar surface area (TPSA) is 21.3 Å². The predicted octanol–water partition coefficient (Wildman–Crippen LogP) is 3.61. The molecule has 1 aliphatic rings. The summed E-state index contributed by atoms with van der Waals surface area (Å²) in [5.41, 5.74) is 2.49. The molecule has 2 atom stereocenters. The highest BCUT2D eigenvalue weighted by molar-refractivity contribution is 5.45. The van der Waals surface area contributed by atoms with E-state index in [1.807, 2.05) is 13.8 Å². The maximum atomic E-state index is 5.50. The van der Waals surface area contributed by atoms with E-state index in [1.54, 1.807) is 0 Å². The largest absolute Gasteiger partial charge is 0.380 e. The predicted molar refractivity (Wildman–Crippen MR) is 70.0 cm³/mol. The number of hydrogen-bond donors (Lipinski definition) is 1. The zero-order valence-corrected chi connectivity index (χ0v) is 10.8. The Morgan fingerprint density at radius 3 is 2.31 bits per heavy atom. The van der Waals surface area contributed by atoms with Crippen LogP contribution in [0.3, 0.4) is 0 Å². The first kappa shape index (κ1) is 13.0. The lowest BCUT2D eigenvalue weighted by atomic mass is 10.1. The van der Waals surface area contributed by atoms with Crippen molar-refractivity contribution in [1.82, 2.24) is 0 Å². The van der Waals surface area contributed by atoms with Gasteiger partial charge in [-0.3, -0.25) is 0 Å². The minimum absolute atomic E-state index is 0.330. The number of rotatable bonds is 2. The van der Waals surface area contributed by atoms with Crippen LogP contribution in [0.1, 0.15) is 32.8 Å². The van der Waals surface area contributed by atoms with Gasteiger partial charge in [0.05, 0.1) is 12.1 Å². The Labute approximate surface area is 99.0 Å². The van der Waals surface area contributed by atoms with Crippen LogP contribution in [-0.4, -0.2) is 18.8 Å². The number of nitrogens with one attached hydrogen (secondary N) is 1. The molecule has 1 fully saturated rings. The van der Waals surface area contributed by atoms with Gasteiger partial charge in [-0.2, -0.15) is 0 Å². The Kier molecular flexibility index (Phi) is 5.33. The third-order valence-electron chi connectivity index (χ3n) is 2.78. The first-order valence-corrected chi connectivity index (χ1v) is 6.20. The highest BCUT2D eigenvalue weighted by Gasteiger charge is 2.23. The maximum Gasteiger partial charge on any atom is 0.0748 e. The Bertz CT molecular complexity index is 294. The molecule has 0 amide bonds. The summed E-state index contributed by atoms with van der Waals surface area (Å²) in [6, 6.07) is 8.98. The summed E-state index contributed by atoms with van der Waals surface area (Å²) in [6.45, 7) is 9.11. The van der Waals surface area contributed by atoms with Crippen molar-refractivity contribution in [3.8, 4) is 0 Å². The third kappa shape index (κ3) is 3.53. The molecule has 90 valence electrons. The molecule has 2 unspecified atom stereocenters. The van der Waals surface area contributed by atoms with Gasteiger partial charge in [-0.15, -0.1) is 0 Å². The molecule has 1 saturated heterocycles. The highest BCUT2D eigenvalue weighted by atomic mass is 16.5. The standard InChI is InChI=1S/C12H17NO.C2H6/c1-9-3-5-11(6-4-9)13-12-7-8-14-10(12)2;1-2/h3-6,10,12-13H,7-8H2,1-2H3;1-2H3. The van der Waals surface area contributed by atoms with Gasteiger partial charge < -0.3 is 10.1 Å².